The van der Waals surface area contributed by atoms with Crippen LogP contribution in [0.25, 0.3) is 5.52 Å². The number of hydrogen-bond acceptors (Lipinski definition) is 5. The average molecular weight is 313 g/mol. The van der Waals surface area contributed by atoms with E-state index in [1.54, 1.807) is 11.3 Å². The summed E-state index contributed by atoms with van der Waals surface area (Å²) in [6, 6.07) is 2.57. The van der Waals surface area contributed by atoms with E-state index in [9.17, 15) is 0 Å². The third kappa shape index (κ3) is 2.53. The predicted octanol–water partition coefficient (Wildman–Crippen LogP) is 3.22. The lowest BCUT2D eigenvalue weighted by atomic mass is 9.98. The van der Waals surface area contributed by atoms with Gasteiger partial charge in [0.2, 0.25) is 0 Å². The molecule has 0 bridgehead atoms. The molecule has 114 valence electrons. The SMILES string of the molecule is Cc1nc([C@@H]2CCCCN2Cc2cscn2)cc2cncn12. The molecule has 3 aromatic rings. The smallest absolute Gasteiger partial charge is 0.111 e. The second-order valence-electron chi connectivity index (χ2n) is 5.88. The molecule has 3 aromatic heterocycles. The third-order valence-corrected chi connectivity index (χ3v) is 5.04. The van der Waals surface area contributed by atoms with Crippen molar-refractivity contribution >= 4 is 16.9 Å². The molecular weight excluding hydrogens is 294 g/mol. The van der Waals surface area contributed by atoms with Gasteiger partial charge in [0, 0.05) is 11.9 Å². The minimum absolute atomic E-state index is 0.383. The summed E-state index contributed by atoms with van der Waals surface area (Å²) in [5.41, 5.74) is 5.37. The van der Waals surface area contributed by atoms with Crippen molar-refractivity contribution in [3.05, 3.63) is 46.7 Å². The maximum Gasteiger partial charge on any atom is 0.111 e. The Kier molecular flexibility index (Phi) is 3.63. The van der Waals surface area contributed by atoms with Crippen molar-refractivity contribution in [3.63, 3.8) is 0 Å². The van der Waals surface area contributed by atoms with Crippen molar-refractivity contribution in [1.82, 2.24) is 24.3 Å². The van der Waals surface area contributed by atoms with Gasteiger partial charge in [-0.1, -0.05) is 6.42 Å². The molecule has 1 aliphatic rings. The fourth-order valence-electron chi connectivity index (χ4n) is 3.32. The highest BCUT2D eigenvalue weighted by Crippen LogP contribution is 2.31. The van der Waals surface area contributed by atoms with Crippen LogP contribution < -0.4 is 0 Å². The zero-order chi connectivity index (χ0) is 14.9. The van der Waals surface area contributed by atoms with E-state index in [0.29, 0.717) is 6.04 Å². The van der Waals surface area contributed by atoms with Gasteiger partial charge in [-0.2, -0.15) is 0 Å². The van der Waals surface area contributed by atoms with Gasteiger partial charge in [-0.15, -0.1) is 11.3 Å². The highest BCUT2D eigenvalue weighted by atomic mass is 32.1. The zero-order valence-electron chi connectivity index (χ0n) is 12.6. The lowest BCUT2D eigenvalue weighted by Crippen LogP contribution is -2.33. The number of likely N-dealkylation sites (tertiary alicyclic amines) is 1. The minimum Gasteiger partial charge on any atom is -0.289 e. The number of imidazole rings is 1. The Bertz CT molecular complexity index is 764. The highest BCUT2D eigenvalue weighted by Gasteiger charge is 2.26. The van der Waals surface area contributed by atoms with E-state index in [1.165, 1.54) is 30.7 Å². The molecule has 1 aliphatic heterocycles. The summed E-state index contributed by atoms with van der Waals surface area (Å²) in [7, 11) is 0. The van der Waals surface area contributed by atoms with Crippen LogP contribution in [-0.4, -0.2) is 30.8 Å². The average Bonchev–Trinajstić information content (AvgIpc) is 3.19. The summed E-state index contributed by atoms with van der Waals surface area (Å²) in [6.07, 6.45) is 7.43. The van der Waals surface area contributed by atoms with Crippen molar-refractivity contribution in [3.8, 4) is 0 Å². The van der Waals surface area contributed by atoms with Crippen LogP contribution in [0.1, 0.15) is 42.5 Å². The van der Waals surface area contributed by atoms with Crippen LogP contribution in [0.4, 0.5) is 0 Å². The summed E-state index contributed by atoms with van der Waals surface area (Å²) >= 11 is 1.67. The van der Waals surface area contributed by atoms with Crippen molar-refractivity contribution in [1.29, 1.82) is 0 Å². The number of hydrogen-bond donors (Lipinski definition) is 0. The number of rotatable bonds is 3. The van der Waals surface area contributed by atoms with Gasteiger partial charge in [0.05, 0.1) is 34.7 Å². The molecule has 5 nitrogen and oxygen atoms in total. The van der Waals surface area contributed by atoms with E-state index < -0.39 is 0 Å². The molecule has 0 saturated carbocycles. The van der Waals surface area contributed by atoms with E-state index in [1.807, 2.05) is 29.4 Å². The van der Waals surface area contributed by atoms with Gasteiger partial charge in [0.15, 0.2) is 0 Å². The van der Waals surface area contributed by atoms with Gasteiger partial charge < -0.3 is 0 Å². The normalized spacial score (nSPS) is 19.8. The Morgan fingerprint density at radius 2 is 2.32 bits per heavy atom. The van der Waals surface area contributed by atoms with Crippen LogP contribution >= 0.6 is 11.3 Å². The topological polar surface area (TPSA) is 46.3 Å². The number of aryl methyl sites for hydroxylation is 1. The van der Waals surface area contributed by atoms with Crippen LogP contribution in [-0.2, 0) is 6.54 Å². The minimum atomic E-state index is 0.383. The molecule has 4 heterocycles. The summed E-state index contributed by atoms with van der Waals surface area (Å²) in [5.74, 6) is 1.00. The first-order valence-electron chi connectivity index (χ1n) is 7.72. The Labute approximate surface area is 133 Å². The first-order valence-corrected chi connectivity index (χ1v) is 8.66. The molecule has 0 N–H and O–H groups in total. The van der Waals surface area contributed by atoms with Crippen LogP contribution in [0.2, 0.25) is 0 Å². The number of nitrogens with zero attached hydrogens (tertiary/aromatic N) is 5. The Morgan fingerprint density at radius 3 is 3.18 bits per heavy atom. The molecule has 4 rings (SSSR count). The molecule has 6 heteroatoms. The molecule has 0 aliphatic carbocycles. The van der Waals surface area contributed by atoms with Crippen molar-refractivity contribution in [2.24, 2.45) is 0 Å². The lowest BCUT2D eigenvalue weighted by molar-refractivity contribution is 0.135. The van der Waals surface area contributed by atoms with E-state index in [-0.39, 0.29) is 0 Å². The number of aromatic nitrogens is 4. The maximum absolute atomic E-state index is 4.84. The van der Waals surface area contributed by atoms with Gasteiger partial charge in [-0.05, 0) is 32.4 Å². The molecule has 1 fully saturated rings. The standard InChI is InChI=1S/C16H19N5S/c1-12-19-15(6-14-7-17-10-21(12)14)16-4-2-3-5-20(16)8-13-9-22-11-18-13/h6-7,9-11,16H,2-5,8H2,1H3/t16-/m0/s1. The number of piperidine rings is 1. The molecule has 1 atom stereocenters. The third-order valence-electron chi connectivity index (χ3n) is 4.41. The number of thiazole rings is 1. The molecule has 22 heavy (non-hydrogen) atoms. The first-order chi connectivity index (χ1) is 10.8. The van der Waals surface area contributed by atoms with Crippen molar-refractivity contribution in [2.75, 3.05) is 6.54 Å². The van der Waals surface area contributed by atoms with Crippen LogP contribution in [0.3, 0.4) is 0 Å². The molecular formula is C16H19N5S. The van der Waals surface area contributed by atoms with Crippen molar-refractivity contribution in [2.45, 2.75) is 38.8 Å². The Morgan fingerprint density at radius 1 is 1.36 bits per heavy atom. The largest absolute Gasteiger partial charge is 0.289 e. The second kappa shape index (κ2) is 5.78. The Hall–Kier alpha value is -1.79. The molecule has 0 amide bonds. The molecule has 1 saturated heterocycles. The highest BCUT2D eigenvalue weighted by molar-refractivity contribution is 7.07. The Balaban J connectivity index is 1.67. The summed E-state index contributed by atoms with van der Waals surface area (Å²) in [5, 5.41) is 2.14. The van der Waals surface area contributed by atoms with Crippen LogP contribution in [0, 0.1) is 6.92 Å². The second-order valence-corrected chi connectivity index (χ2v) is 6.60. The summed E-state index contributed by atoms with van der Waals surface area (Å²) in [6.45, 7) is 4.08. The van der Waals surface area contributed by atoms with Crippen molar-refractivity contribution < 1.29 is 0 Å². The van der Waals surface area contributed by atoms with E-state index in [4.69, 9.17) is 4.98 Å². The van der Waals surface area contributed by atoms with Gasteiger partial charge in [-0.3, -0.25) is 9.30 Å². The van der Waals surface area contributed by atoms with Crippen LogP contribution in [0.15, 0.2) is 29.5 Å². The molecule has 0 spiro atoms. The summed E-state index contributed by atoms with van der Waals surface area (Å²) < 4.78 is 2.04. The quantitative estimate of drug-likeness (QED) is 0.745. The van der Waals surface area contributed by atoms with E-state index in [2.05, 4.69) is 26.3 Å². The fraction of sp³-hybridized carbons (Fsp3) is 0.438. The maximum atomic E-state index is 4.84. The van der Waals surface area contributed by atoms with Gasteiger partial charge in [-0.25, -0.2) is 15.0 Å². The van der Waals surface area contributed by atoms with Crippen LogP contribution in [0.5, 0.6) is 0 Å². The monoisotopic (exact) mass is 313 g/mol. The zero-order valence-corrected chi connectivity index (χ0v) is 13.5. The first kappa shape index (κ1) is 13.8. The summed E-state index contributed by atoms with van der Waals surface area (Å²) in [4.78, 5) is 16.0. The number of fused-ring (bicyclic) bond motifs is 1. The van der Waals surface area contributed by atoms with E-state index >= 15 is 0 Å². The predicted molar refractivity (Wildman–Crippen MR) is 86.8 cm³/mol. The molecule has 0 unspecified atom stereocenters. The molecule has 0 radical (unpaired) electrons. The van der Waals surface area contributed by atoms with Gasteiger partial charge in [0.25, 0.3) is 0 Å². The lowest BCUT2D eigenvalue weighted by Gasteiger charge is -2.35. The van der Waals surface area contributed by atoms with E-state index in [0.717, 1.165) is 24.4 Å². The van der Waals surface area contributed by atoms with Gasteiger partial charge >= 0.3 is 0 Å². The fourth-order valence-corrected chi connectivity index (χ4v) is 3.87. The molecule has 0 aromatic carbocycles. The van der Waals surface area contributed by atoms with Gasteiger partial charge in [0.1, 0.15) is 12.2 Å².